The van der Waals surface area contributed by atoms with E-state index in [1.807, 2.05) is 12.1 Å². The van der Waals surface area contributed by atoms with Gasteiger partial charge in [-0.3, -0.25) is 0 Å². The van der Waals surface area contributed by atoms with E-state index in [0.29, 0.717) is 21.5 Å². The molecule has 1 heterocycles. The third-order valence-electron chi connectivity index (χ3n) is 5.64. The van der Waals surface area contributed by atoms with E-state index in [2.05, 4.69) is 20.8 Å². The number of anilines is 1. The normalized spacial score (nSPS) is 20.5. The third-order valence-corrected chi connectivity index (χ3v) is 6.26. The lowest BCUT2D eigenvalue weighted by Gasteiger charge is -2.54. The van der Waals surface area contributed by atoms with Gasteiger partial charge in [0.2, 0.25) is 0 Å². The molecule has 4 nitrogen and oxygen atoms in total. The Bertz CT molecular complexity index is 578. The van der Waals surface area contributed by atoms with E-state index in [9.17, 15) is 4.39 Å². The van der Waals surface area contributed by atoms with Crippen molar-refractivity contribution in [2.24, 2.45) is 11.3 Å². The highest BCUT2D eigenvalue weighted by atomic mass is 79.9. The standard InChI is InChI=1S/C18H25BrFNO3/c1-22-16-13(19)4-5-14(15(16)20)21-8-6-18(7-9-21)10-12(11-18)17(23-2)24-3/h4-5,12,17H,6-11H2,1-3H3. The second-order valence-electron chi connectivity index (χ2n) is 6.91. The molecule has 1 saturated heterocycles. The van der Waals surface area contributed by atoms with Gasteiger partial charge in [0.05, 0.1) is 17.3 Å². The molecular formula is C18H25BrFNO3. The number of methoxy groups -OCH3 is 3. The van der Waals surface area contributed by atoms with Crippen LogP contribution in [0, 0.1) is 17.2 Å². The Morgan fingerprint density at radius 3 is 2.33 bits per heavy atom. The second-order valence-corrected chi connectivity index (χ2v) is 7.76. The summed E-state index contributed by atoms with van der Waals surface area (Å²) in [4.78, 5) is 2.13. The summed E-state index contributed by atoms with van der Waals surface area (Å²) in [5.41, 5.74) is 1.01. The molecular weight excluding hydrogens is 377 g/mol. The number of nitrogens with zero attached hydrogens (tertiary/aromatic N) is 1. The molecule has 0 bridgehead atoms. The van der Waals surface area contributed by atoms with Crippen LogP contribution in [0.4, 0.5) is 10.1 Å². The van der Waals surface area contributed by atoms with Crippen molar-refractivity contribution in [1.29, 1.82) is 0 Å². The van der Waals surface area contributed by atoms with Crippen LogP contribution in [-0.4, -0.2) is 40.7 Å². The summed E-state index contributed by atoms with van der Waals surface area (Å²) in [6.07, 6.45) is 4.35. The van der Waals surface area contributed by atoms with Gasteiger partial charge in [-0.25, -0.2) is 4.39 Å². The van der Waals surface area contributed by atoms with E-state index >= 15 is 0 Å². The zero-order valence-electron chi connectivity index (χ0n) is 14.5. The lowest BCUT2D eigenvalue weighted by atomic mass is 9.57. The third kappa shape index (κ3) is 3.16. The zero-order chi connectivity index (χ0) is 17.3. The number of ether oxygens (including phenoxy) is 3. The molecule has 6 heteroatoms. The van der Waals surface area contributed by atoms with Crippen molar-refractivity contribution in [1.82, 2.24) is 0 Å². The largest absolute Gasteiger partial charge is 0.492 e. The summed E-state index contributed by atoms with van der Waals surface area (Å²) in [6.45, 7) is 1.75. The van der Waals surface area contributed by atoms with Gasteiger partial charge in [0, 0.05) is 33.2 Å². The van der Waals surface area contributed by atoms with E-state index in [1.54, 1.807) is 14.2 Å². The van der Waals surface area contributed by atoms with Crippen LogP contribution in [0.5, 0.6) is 5.75 Å². The molecule has 1 aromatic rings. The van der Waals surface area contributed by atoms with Gasteiger partial charge in [-0.2, -0.15) is 0 Å². The van der Waals surface area contributed by atoms with Crippen LogP contribution in [0.1, 0.15) is 25.7 Å². The van der Waals surface area contributed by atoms with Crippen molar-refractivity contribution >= 4 is 21.6 Å². The van der Waals surface area contributed by atoms with Crippen LogP contribution in [0.25, 0.3) is 0 Å². The lowest BCUT2D eigenvalue weighted by molar-refractivity contribution is -0.184. The van der Waals surface area contributed by atoms with Crippen LogP contribution in [0.2, 0.25) is 0 Å². The number of rotatable bonds is 5. The van der Waals surface area contributed by atoms with E-state index in [1.165, 1.54) is 7.11 Å². The molecule has 0 atom stereocenters. The lowest BCUT2D eigenvalue weighted by Crippen LogP contribution is -2.50. The topological polar surface area (TPSA) is 30.9 Å². The van der Waals surface area contributed by atoms with Crippen molar-refractivity contribution in [2.45, 2.75) is 32.0 Å². The molecule has 3 rings (SSSR count). The molecule has 0 unspecified atom stereocenters. The first kappa shape index (κ1) is 18.0. The average molecular weight is 402 g/mol. The highest BCUT2D eigenvalue weighted by Crippen LogP contribution is 2.54. The van der Waals surface area contributed by atoms with Crippen molar-refractivity contribution in [3.05, 3.63) is 22.4 Å². The van der Waals surface area contributed by atoms with Gasteiger partial charge in [-0.05, 0) is 59.2 Å². The minimum absolute atomic E-state index is 0.0955. The van der Waals surface area contributed by atoms with Gasteiger partial charge in [0.1, 0.15) is 0 Å². The molecule has 1 aliphatic carbocycles. The van der Waals surface area contributed by atoms with E-state index < -0.39 is 0 Å². The molecule has 0 aromatic heterocycles. The predicted octanol–water partition coefficient (Wildman–Crippen LogP) is 4.21. The van der Waals surface area contributed by atoms with Crippen LogP contribution in [0.15, 0.2) is 16.6 Å². The van der Waals surface area contributed by atoms with Gasteiger partial charge in [0.25, 0.3) is 0 Å². The Kier molecular flexibility index (Phi) is 5.37. The highest BCUT2D eigenvalue weighted by Gasteiger charge is 2.48. The molecule has 0 N–H and O–H groups in total. The molecule has 1 spiro atoms. The maximum absolute atomic E-state index is 14.6. The Morgan fingerprint density at radius 1 is 1.17 bits per heavy atom. The van der Waals surface area contributed by atoms with E-state index in [0.717, 1.165) is 38.8 Å². The van der Waals surface area contributed by atoms with Crippen molar-refractivity contribution in [2.75, 3.05) is 39.3 Å². The van der Waals surface area contributed by atoms with Crippen LogP contribution in [0.3, 0.4) is 0 Å². The van der Waals surface area contributed by atoms with Gasteiger partial charge in [-0.15, -0.1) is 0 Å². The number of piperidine rings is 1. The smallest absolute Gasteiger partial charge is 0.189 e. The molecule has 1 aromatic carbocycles. The molecule has 24 heavy (non-hydrogen) atoms. The minimum Gasteiger partial charge on any atom is -0.492 e. The Balaban J connectivity index is 1.63. The van der Waals surface area contributed by atoms with Crippen molar-refractivity contribution in [3.8, 4) is 5.75 Å². The van der Waals surface area contributed by atoms with E-state index in [4.69, 9.17) is 14.2 Å². The quantitative estimate of drug-likeness (QED) is 0.691. The highest BCUT2D eigenvalue weighted by molar-refractivity contribution is 9.10. The molecule has 134 valence electrons. The predicted molar refractivity (Wildman–Crippen MR) is 95.1 cm³/mol. The number of halogens is 2. The van der Waals surface area contributed by atoms with Crippen molar-refractivity contribution in [3.63, 3.8) is 0 Å². The first-order valence-electron chi connectivity index (χ1n) is 8.36. The SMILES string of the molecule is COc1c(Br)ccc(N2CCC3(CC2)CC(C(OC)OC)C3)c1F. The van der Waals surface area contributed by atoms with E-state index in [-0.39, 0.29) is 17.9 Å². The van der Waals surface area contributed by atoms with Gasteiger partial charge in [0.15, 0.2) is 17.9 Å². The molecule has 0 radical (unpaired) electrons. The van der Waals surface area contributed by atoms with Crippen LogP contribution >= 0.6 is 15.9 Å². The summed E-state index contributed by atoms with van der Waals surface area (Å²) in [5, 5.41) is 0. The average Bonchev–Trinajstić information content (AvgIpc) is 2.56. The fourth-order valence-electron chi connectivity index (χ4n) is 4.31. The molecule has 1 aliphatic heterocycles. The maximum Gasteiger partial charge on any atom is 0.189 e. The Hall–Kier alpha value is -0.850. The minimum atomic E-state index is -0.284. The summed E-state index contributed by atoms with van der Waals surface area (Å²) in [5.74, 6) is 0.476. The first-order chi connectivity index (χ1) is 11.5. The summed E-state index contributed by atoms with van der Waals surface area (Å²) < 4.78 is 31.2. The molecule has 2 fully saturated rings. The van der Waals surface area contributed by atoms with Crippen molar-refractivity contribution < 1.29 is 18.6 Å². The maximum atomic E-state index is 14.6. The zero-order valence-corrected chi connectivity index (χ0v) is 16.1. The van der Waals surface area contributed by atoms with Gasteiger partial charge < -0.3 is 19.1 Å². The van der Waals surface area contributed by atoms with Gasteiger partial charge in [-0.1, -0.05) is 0 Å². The summed E-state index contributed by atoms with van der Waals surface area (Å²) in [7, 11) is 4.89. The summed E-state index contributed by atoms with van der Waals surface area (Å²) in [6, 6.07) is 3.68. The summed E-state index contributed by atoms with van der Waals surface area (Å²) >= 11 is 3.33. The molecule has 2 aliphatic rings. The molecule has 0 amide bonds. The fourth-order valence-corrected chi connectivity index (χ4v) is 4.78. The number of hydrogen-bond donors (Lipinski definition) is 0. The van der Waals surface area contributed by atoms with Crippen LogP contribution in [-0.2, 0) is 9.47 Å². The molecule has 1 saturated carbocycles. The Morgan fingerprint density at radius 2 is 1.79 bits per heavy atom. The van der Waals surface area contributed by atoms with Gasteiger partial charge >= 0.3 is 0 Å². The van der Waals surface area contributed by atoms with Crippen LogP contribution < -0.4 is 9.64 Å². The monoisotopic (exact) mass is 401 g/mol. The first-order valence-corrected chi connectivity index (χ1v) is 9.15. The number of hydrogen-bond acceptors (Lipinski definition) is 4. The number of benzene rings is 1. The Labute approximate surface area is 151 Å². The fraction of sp³-hybridized carbons (Fsp3) is 0.667. The second kappa shape index (κ2) is 7.18.